The fraction of sp³-hybridized carbons (Fsp3) is 0.643. The highest BCUT2D eigenvalue weighted by Gasteiger charge is 2.26. The number of rotatable bonds is 6. The first kappa shape index (κ1) is 15.9. The highest BCUT2D eigenvalue weighted by molar-refractivity contribution is 7.98. The van der Waals surface area contributed by atoms with Crippen molar-refractivity contribution in [1.29, 1.82) is 0 Å². The van der Waals surface area contributed by atoms with Crippen LogP contribution >= 0.6 is 11.8 Å². The number of nitrogens with zero attached hydrogens (tertiary/aromatic N) is 2. The van der Waals surface area contributed by atoms with Gasteiger partial charge in [0.25, 0.3) is 5.91 Å². The van der Waals surface area contributed by atoms with Crippen molar-refractivity contribution < 1.29 is 9.59 Å². The molecule has 116 valence electrons. The fourth-order valence-corrected chi connectivity index (χ4v) is 3.15. The lowest BCUT2D eigenvalue weighted by Gasteiger charge is -2.24. The number of amides is 2. The molecule has 2 heterocycles. The summed E-state index contributed by atoms with van der Waals surface area (Å²) in [6.45, 7) is 2.08. The molecular formula is C14H22N4O2S. The molecule has 0 aliphatic carbocycles. The lowest BCUT2D eigenvalue weighted by atomic mass is 10.1. The monoisotopic (exact) mass is 310 g/mol. The summed E-state index contributed by atoms with van der Waals surface area (Å²) < 4.78 is 1.98. The number of carbonyl (C=O) groups excluding carboxylic acids is 2. The highest BCUT2D eigenvalue weighted by Crippen LogP contribution is 2.25. The van der Waals surface area contributed by atoms with Crippen molar-refractivity contribution in [2.45, 2.75) is 44.7 Å². The predicted octanol–water partition coefficient (Wildman–Crippen LogP) is 1.12. The summed E-state index contributed by atoms with van der Waals surface area (Å²) in [4.78, 5) is 28.2. The molecule has 1 unspecified atom stereocenters. The molecule has 0 aromatic carbocycles. The van der Waals surface area contributed by atoms with Crippen LogP contribution in [0.3, 0.4) is 0 Å². The normalized spacial score (nSPS) is 18.9. The molecule has 0 spiro atoms. The first-order chi connectivity index (χ1) is 10.0. The molecule has 0 saturated carbocycles. The Morgan fingerprint density at radius 3 is 3.05 bits per heavy atom. The first-order valence-electron chi connectivity index (χ1n) is 7.19. The van der Waals surface area contributed by atoms with E-state index in [0.717, 1.165) is 30.8 Å². The van der Waals surface area contributed by atoms with Crippen LogP contribution < -0.4 is 11.1 Å². The summed E-state index contributed by atoms with van der Waals surface area (Å²) >= 11 is 1.62. The van der Waals surface area contributed by atoms with Gasteiger partial charge in [0.1, 0.15) is 17.6 Å². The minimum absolute atomic E-state index is 0.259. The Balaban J connectivity index is 2.13. The van der Waals surface area contributed by atoms with Crippen molar-refractivity contribution in [3.63, 3.8) is 0 Å². The summed E-state index contributed by atoms with van der Waals surface area (Å²) in [6.07, 6.45) is 7.11. The van der Waals surface area contributed by atoms with Crippen LogP contribution in [0.4, 0.5) is 0 Å². The standard InChI is InChI=1S/C14H22N4O2S/c1-9-4-3-5-12-16-8-11(18(9)12)14(20)17-10(13(15)19)6-7-21-2/h8-10H,3-7H2,1-2H3,(H2,15,19)(H,17,20)/t9?,10-/m0/s1. The summed E-state index contributed by atoms with van der Waals surface area (Å²) in [5.41, 5.74) is 5.88. The molecule has 21 heavy (non-hydrogen) atoms. The molecule has 0 radical (unpaired) electrons. The largest absolute Gasteiger partial charge is 0.368 e. The number of hydrogen-bond acceptors (Lipinski definition) is 4. The maximum absolute atomic E-state index is 12.4. The van der Waals surface area contributed by atoms with Crippen LogP contribution in [0.2, 0.25) is 0 Å². The Labute approximate surface area is 128 Å². The second-order valence-corrected chi connectivity index (χ2v) is 6.37. The van der Waals surface area contributed by atoms with E-state index in [4.69, 9.17) is 5.73 Å². The third kappa shape index (κ3) is 3.58. The van der Waals surface area contributed by atoms with Gasteiger partial charge in [0.2, 0.25) is 5.91 Å². The third-order valence-corrected chi connectivity index (χ3v) is 4.47. The van der Waals surface area contributed by atoms with Crippen molar-refractivity contribution in [3.8, 4) is 0 Å². The van der Waals surface area contributed by atoms with Crippen LogP contribution in [0, 0.1) is 0 Å². The van der Waals surface area contributed by atoms with Crippen molar-refractivity contribution in [3.05, 3.63) is 17.7 Å². The van der Waals surface area contributed by atoms with E-state index >= 15 is 0 Å². The summed E-state index contributed by atoms with van der Waals surface area (Å²) in [5.74, 6) is 0.948. The van der Waals surface area contributed by atoms with E-state index in [2.05, 4.69) is 17.2 Å². The van der Waals surface area contributed by atoms with E-state index in [-0.39, 0.29) is 11.9 Å². The summed E-state index contributed by atoms with van der Waals surface area (Å²) in [6, 6.07) is -0.370. The number of fused-ring (bicyclic) bond motifs is 1. The zero-order valence-electron chi connectivity index (χ0n) is 12.5. The van der Waals surface area contributed by atoms with Crippen molar-refractivity contribution in [1.82, 2.24) is 14.9 Å². The molecule has 2 atom stereocenters. The number of aromatic nitrogens is 2. The van der Waals surface area contributed by atoms with Gasteiger partial charge in [-0.05, 0) is 38.2 Å². The second-order valence-electron chi connectivity index (χ2n) is 5.38. The highest BCUT2D eigenvalue weighted by atomic mass is 32.2. The lowest BCUT2D eigenvalue weighted by Crippen LogP contribution is -2.45. The molecule has 1 aromatic heterocycles. The maximum Gasteiger partial charge on any atom is 0.270 e. The molecule has 0 fully saturated rings. The zero-order valence-corrected chi connectivity index (χ0v) is 13.3. The van der Waals surface area contributed by atoms with Gasteiger partial charge in [-0.15, -0.1) is 0 Å². The zero-order chi connectivity index (χ0) is 15.4. The number of hydrogen-bond donors (Lipinski definition) is 2. The Morgan fingerprint density at radius 2 is 2.38 bits per heavy atom. The van der Waals surface area contributed by atoms with Gasteiger partial charge < -0.3 is 15.6 Å². The topological polar surface area (TPSA) is 90.0 Å². The molecule has 1 aliphatic rings. The number of thioether (sulfide) groups is 1. The van der Waals surface area contributed by atoms with Crippen molar-refractivity contribution in [2.24, 2.45) is 5.73 Å². The van der Waals surface area contributed by atoms with E-state index < -0.39 is 11.9 Å². The number of primary amides is 1. The van der Waals surface area contributed by atoms with E-state index in [0.29, 0.717) is 12.1 Å². The minimum Gasteiger partial charge on any atom is -0.368 e. The number of nitrogens with two attached hydrogens (primary N) is 1. The average Bonchev–Trinajstić information content (AvgIpc) is 2.88. The minimum atomic E-state index is -0.630. The third-order valence-electron chi connectivity index (χ3n) is 3.83. The predicted molar refractivity (Wildman–Crippen MR) is 83.3 cm³/mol. The number of imidazole rings is 1. The number of nitrogens with one attached hydrogen (secondary N) is 1. The molecule has 6 nitrogen and oxygen atoms in total. The van der Waals surface area contributed by atoms with Crippen LogP contribution in [0.5, 0.6) is 0 Å². The summed E-state index contributed by atoms with van der Waals surface area (Å²) in [5, 5.41) is 2.74. The first-order valence-corrected chi connectivity index (χ1v) is 8.59. The molecule has 0 saturated heterocycles. The van der Waals surface area contributed by atoms with E-state index in [1.807, 2.05) is 10.8 Å². The Hall–Kier alpha value is -1.50. The van der Waals surface area contributed by atoms with Gasteiger partial charge in [0.05, 0.1) is 6.20 Å². The Morgan fingerprint density at radius 1 is 1.62 bits per heavy atom. The quantitative estimate of drug-likeness (QED) is 0.824. The van der Waals surface area contributed by atoms with Gasteiger partial charge in [-0.3, -0.25) is 9.59 Å². The molecule has 7 heteroatoms. The average molecular weight is 310 g/mol. The maximum atomic E-state index is 12.4. The molecule has 2 rings (SSSR count). The lowest BCUT2D eigenvalue weighted by molar-refractivity contribution is -0.119. The van der Waals surface area contributed by atoms with E-state index in [9.17, 15) is 9.59 Å². The molecule has 1 aromatic rings. The van der Waals surface area contributed by atoms with Gasteiger partial charge in [-0.1, -0.05) is 0 Å². The molecule has 1 aliphatic heterocycles. The smallest absolute Gasteiger partial charge is 0.270 e. The number of carbonyl (C=O) groups is 2. The van der Waals surface area contributed by atoms with Crippen molar-refractivity contribution >= 4 is 23.6 Å². The molecule has 3 N–H and O–H groups in total. The van der Waals surface area contributed by atoms with Crippen molar-refractivity contribution in [2.75, 3.05) is 12.0 Å². The van der Waals surface area contributed by atoms with Gasteiger partial charge in [-0.25, -0.2) is 4.98 Å². The number of aryl methyl sites for hydroxylation is 1. The van der Waals surface area contributed by atoms with Gasteiger partial charge in [0, 0.05) is 12.5 Å². The molecular weight excluding hydrogens is 288 g/mol. The Bertz CT molecular complexity index is 529. The fourth-order valence-electron chi connectivity index (χ4n) is 2.68. The SMILES string of the molecule is CSCC[C@H](NC(=O)c1cnc2n1C(C)CCC2)C(N)=O. The second kappa shape index (κ2) is 6.98. The van der Waals surface area contributed by atoms with Gasteiger partial charge in [0.15, 0.2) is 0 Å². The van der Waals surface area contributed by atoms with Gasteiger partial charge >= 0.3 is 0 Å². The van der Waals surface area contributed by atoms with E-state index in [1.165, 1.54) is 0 Å². The molecule has 2 amide bonds. The van der Waals surface area contributed by atoms with Gasteiger partial charge in [-0.2, -0.15) is 11.8 Å². The van der Waals surface area contributed by atoms with Crippen LogP contribution in [0.1, 0.15) is 48.5 Å². The Kier molecular flexibility index (Phi) is 5.27. The van der Waals surface area contributed by atoms with Crippen LogP contribution in [-0.2, 0) is 11.2 Å². The van der Waals surface area contributed by atoms with Crippen LogP contribution in [0.25, 0.3) is 0 Å². The van der Waals surface area contributed by atoms with E-state index in [1.54, 1.807) is 18.0 Å². The van der Waals surface area contributed by atoms with Crippen LogP contribution in [-0.4, -0.2) is 39.4 Å². The summed E-state index contributed by atoms with van der Waals surface area (Å²) in [7, 11) is 0. The molecule has 0 bridgehead atoms. The van der Waals surface area contributed by atoms with Crippen LogP contribution in [0.15, 0.2) is 6.20 Å².